The number of aromatic amines is 1. The van der Waals surface area contributed by atoms with Crippen LogP contribution >= 0.6 is 11.3 Å². The summed E-state index contributed by atoms with van der Waals surface area (Å²) < 4.78 is 0. The Morgan fingerprint density at radius 2 is 1.52 bits per heavy atom. The number of carbonyl (C=O) groups excluding carboxylic acids is 1. The van der Waals surface area contributed by atoms with Gasteiger partial charge in [0.25, 0.3) is 0 Å². The first-order valence-corrected chi connectivity index (χ1v) is 14.7. The van der Waals surface area contributed by atoms with Gasteiger partial charge in [0.05, 0.1) is 16.6 Å². The molecule has 1 amide bonds. The van der Waals surface area contributed by atoms with Crippen LogP contribution in [-0.4, -0.2) is 64.5 Å². The molecule has 3 aromatic heterocycles. The Labute approximate surface area is 248 Å². The number of anilines is 2. The fourth-order valence-electron chi connectivity index (χ4n) is 4.84. The van der Waals surface area contributed by atoms with Crippen LogP contribution in [0.2, 0.25) is 0 Å². The summed E-state index contributed by atoms with van der Waals surface area (Å²) in [5, 5.41) is 5.18. The van der Waals surface area contributed by atoms with Gasteiger partial charge >= 0.3 is 0 Å². The number of hydrogen-bond donors (Lipinski definition) is 2. The predicted octanol–water partition coefficient (Wildman–Crippen LogP) is 6.42. The molecule has 3 aromatic carbocycles. The van der Waals surface area contributed by atoms with Crippen LogP contribution in [-0.2, 0) is 4.79 Å². The van der Waals surface area contributed by atoms with Gasteiger partial charge in [-0.15, -0.1) is 11.3 Å². The van der Waals surface area contributed by atoms with Gasteiger partial charge in [-0.05, 0) is 52.4 Å². The number of imidazole rings is 1. The number of amides is 1. The molecule has 1 saturated heterocycles. The maximum Gasteiger partial charge on any atom is 0.225 e. The largest absolute Gasteiger partial charge is 0.388 e. The molecule has 2 N–H and O–H groups in total. The molecular weight excluding hydrogens is 542 g/mol. The number of nitrogens with one attached hydrogen (secondary N) is 2. The van der Waals surface area contributed by atoms with Crippen LogP contribution < -0.4 is 10.2 Å². The van der Waals surface area contributed by atoms with E-state index in [-0.39, 0.29) is 0 Å². The predicted molar refractivity (Wildman–Crippen MR) is 172 cm³/mol. The molecule has 0 spiro atoms. The van der Waals surface area contributed by atoms with Crippen LogP contribution in [0.1, 0.15) is 0 Å². The molecular formula is C33H31N7OS. The van der Waals surface area contributed by atoms with Crippen molar-refractivity contribution in [2.45, 2.75) is 0 Å². The van der Waals surface area contributed by atoms with Crippen molar-refractivity contribution in [3.8, 4) is 33.0 Å². The third-order valence-electron chi connectivity index (χ3n) is 7.23. The van der Waals surface area contributed by atoms with Gasteiger partial charge < -0.3 is 20.1 Å². The molecule has 7 rings (SSSR count). The molecule has 9 heteroatoms. The molecule has 1 aliphatic rings. The number of rotatable bonds is 6. The second-order valence-corrected chi connectivity index (χ2v) is 10.8. The van der Waals surface area contributed by atoms with Crippen molar-refractivity contribution in [1.82, 2.24) is 24.8 Å². The summed E-state index contributed by atoms with van der Waals surface area (Å²) in [4.78, 5) is 33.0. The minimum absolute atomic E-state index is 0.686. The molecule has 0 saturated carbocycles. The van der Waals surface area contributed by atoms with Gasteiger partial charge in [0.15, 0.2) is 0 Å². The fourth-order valence-corrected chi connectivity index (χ4v) is 5.56. The molecule has 4 heterocycles. The fraction of sp³-hybridized carbons (Fsp3) is 0.152. The minimum atomic E-state index is 0.686. The van der Waals surface area contributed by atoms with Gasteiger partial charge in [0.1, 0.15) is 5.82 Å². The van der Waals surface area contributed by atoms with Crippen molar-refractivity contribution in [2.24, 2.45) is 0 Å². The molecule has 8 nitrogen and oxygen atoms in total. The van der Waals surface area contributed by atoms with E-state index in [1.54, 1.807) is 28.6 Å². The Hall–Kier alpha value is -5.02. The summed E-state index contributed by atoms with van der Waals surface area (Å²) in [7, 11) is 1.93. The first-order valence-electron chi connectivity index (χ1n) is 13.8. The highest BCUT2D eigenvalue weighted by Gasteiger charge is 2.18. The lowest BCUT2D eigenvalue weighted by Gasteiger charge is -2.32. The Morgan fingerprint density at radius 3 is 2.19 bits per heavy atom. The number of benzene rings is 3. The number of aromatic nitrogens is 4. The highest BCUT2D eigenvalue weighted by molar-refractivity contribution is 7.13. The van der Waals surface area contributed by atoms with Gasteiger partial charge in [-0.25, -0.2) is 15.0 Å². The highest BCUT2D eigenvalue weighted by atomic mass is 32.1. The van der Waals surface area contributed by atoms with Crippen molar-refractivity contribution in [3.05, 3.63) is 103 Å². The monoisotopic (exact) mass is 573 g/mol. The lowest BCUT2D eigenvalue weighted by atomic mass is 10.1. The van der Waals surface area contributed by atoms with E-state index in [0.717, 1.165) is 47.6 Å². The molecule has 0 aliphatic carbocycles. The molecule has 1 fully saturated rings. The maximum absolute atomic E-state index is 10.8. The van der Waals surface area contributed by atoms with Crippen LogP contribution in [0, 0.1) is 0 Å². The van der Waals surface area contributed by atoms with E-state index in [1.807, 2.05) is 19.2 Å². The van der Waals surface area contributed by atoms with E-state index in [9.17, 15) is 4.79 Å². The second kappa shape index (κ2) is 12.7. The summed E-state index contributed by atoms with van der Waals surface area (Å²) in [5.74, 6) is 1.45. The number of fused-ring (bicyclic) bond motifs is 1. The first kappa shape index (κ1) is 27.2. The number of carbonyl (C=O) groups is 1. The Kier molecular flexibility index (Phi) is 8.19. The van der Waals surface area contributed by atoms with E-state index >= 15 is 0 Å². The number of hydrogen-bond acceptors (Lipinski definition) is 7. The number of nitrogens with zero attached hydrogens (tertiary/aromatic N) is 5. The van der Waals surface area contributed by atoms with E-state index in [0.29, 0.717) is 19.0 Å². The van der Waals surface area contributed by atoms with E-state index in [4.69, 9.17) is 0 Å². The van der Waals surface area contributed by atoms with Crippen LogP contribution in [0.5, 0.6) is 0 Å². The molecule has 210 valence electrons. The van der Waals surface area contributed by atoms with E-state index in [2.05, 4.69) is 108 Å². The smallest absolute Gasteiger partial charge is 0.225 e. The van der Waals surface area contributed by atoms with E-state index < -0.39 is 0 Å². The topological polar surface area (TPSA) is 90.0 Å². The summed E-state index contributed by atoms with van der Waals surface area (Å²) in [6, 6.07) is 29.2. The van der Waals surface area contributed by atoms with Crippen molar-refractivity contribution >= 4 is 40.4 Å². The Balaban J connectivity index is 0.000000189. The molecule has 0 atom stereocenters. The van der Waals surface area contributed by atoms with Gasteiger partial charge in [-0.3, -0.25) is 4.79 Å². The standard InChI is InChI=1S/C20H18N6OS.C13H13N/c27-13-25-5-7-26(8-6-25)20-21-11-15(12-22-20)19-23-16-4-3-14(10-17(16)24-19)18-2-1-9-28-18;1-14-13-9-7-12(8-10-13)11-5-3-2-4-6-11/h1-4,9-13H,5-8H2,(H,23,24);2-10,14H,1H3. The van der Waals surface area contributed by atoms with Gasteiger partial charge in [0, 0.05) is 56.2 Å². The van der Waals surface area contributed by atoms with Crippen LogP contribution in [0.4, 0.5) is 11.6 Å². The zero-order chi connectivity index (χ0) is 28.7. The molecule has 0 radical (unpaired) electrons. The first-order chi connectivity index (χ1) is 20.7. The third-order valence-corrected chi connectivity index (χ3v) is 8.15. The lowest BCUT2D eigenvalue weighted by molar-refractivity contribution is -0.118. The van der Waals surface area contributed by atoms with Crippen LogP contribution in [0.3, 0.4) is 0 Å². The quantitative estimate of drug-likeness (QED) is 0.224. The number of piperazine rings is 1. The Morgan fingerprint density at radius 1 is 0.810 bits per heavy atom. The zero-order valence-electron chi connectivity index (χ0n) is 23.3. The lowest BCUT2D eigenvalue weighted by Crippen LogP contribution is -2.46. The molecule has 6 aromatic rings. The minimum Gasteiger partial charge on any atom is -0.388 e. The molecule has 1 aliphatic heterocycles. The molecule has 0 bridgehead atoms. The summed E-state index contributed by atoms with van der Waals surface area (Å²) in [6.07, 6.45) is 4.49. The van der Waals surface area contributed by atoms with Gasteiger partial charge in [-0.1, -0.05) is 54.6 Å². The summed E-state index contributed by atoms with van der Waals surface area (Å²) >= 11 is 1.72. The SMILES string of the molecule is CNc1ccc(-c2ccccc2)cc1.O=CN1CCN(c2ncc(-c3nc4ccc(-c5cccs5)cc4[nH]3)cn2)CC1. The average Bonchev–Trinajstić information content (AvgIpc) is 3.76. The maximum atomic E-state index is 10.8. The van der Waals surface area contributed by atoms with Gasteiger partial charge in [0.2, 0.25) is 12.4 Å². The van der Waals surface area contributed by atoms with Crippen LogP contribution in [0.25, 0.3) is 44.0 Å². The average molecular weight is 574 g/mol. The summed E-state index contributed by atoms with van der Waals surface area (Å²) in [6.45, 7) is 2.89. The second-order valence-electron chi connectivity index (χ2n) is 9.89. The van der Waals surface area contributed by atoms with Crippen molar-refractivity contribution in [2.75, 3.05) is 43.4 Å². The van der Waals surface area contributed by atoms with Crippen molar-refractivity contribution < 1.29 is 4.79 Å². The normalized spacial score (nSPS) is 13.0. The Bertz CT molecular complexity index is 1730. The molecule has 0 unspecified atom stereocenters. The van der Waals surface area contributed by atoms with E-state index in [1.165, 1.54) is 21.6 Å². The highest BCUT2D eigenvalue weighted by Crippen LogP contribution is 2.29. The number of H-pyrrole nitrogens is 1. The third kappa shape index (κ3) is 6.16. The zero-order valence-corrected chi connectivity index (χ0v) is 24.1. The van der Waals surface area contributed by atoms with Crippen LogP contribution in [0.15, 0.2) is 103 Å². The number of thiophene rings is 1. The summed E-state index contributed by atoms with van der Waals surface area (Å²) in [5.41, 5.74) is 7.60. The van der Waals surface area contributed by atoms with Gasteiger partial charge in [-0.2, -0.15) is 0 Å². The van der Waals surface area contributed by atoms with Crippen molar-refractivity contribution in [1.29, 1.82) is 0 Å². The van der Waals surface area contributed by atoms with Crippen molar-refractivity contribution in [3.63, 3.8) is 0 Å². The molecule has 42 heavy (non-hydrogen) atoms.